The lowest BCUT2D eigenvalue weighted by atomic mass is 10.0. The van der Waals surface area contributed by atoms with Gasteiger partial charge in [0.1, 0.15) is 23.2 Å². The molecule has 1 atom stereocenters. The molecule has 0 spiro atoms. The molecule has 0 radical (unpaired) electrons. The number of carbonyl (C=O) groups is 4. The first kappa shape index (κ1) is 24.0. The number of nitrogens with one attached hydrogen (secondary N) is 2. The Kier molecular flexibility index (Phi) is 6.07. The van der Waals surface area contributed by atoms with Crippen LogP contribution in [0.5, 0.6) is 11.5 Å². The Morgan fingerprint density at radius 2 is 1.95 bits per heavy atom. The number of rotatable bonds is 6. The molecule has 0 aliphatic carbocycles. The highest BCUT2D eigenvalue weighted by Gasteiger charge is 2.40. The number of hydrogen-bond acceptors (Lipinski definition) is 8. The van der Waals surface area contributed by atoms with E-state index >= 15 is 0 Å². The van der Waals surface area contributed by atoms with Crippen LogP contribution >= 0.6 is 0 Å². The van der Waals surface area contributed by atoms with Crippen molar-refractivity contribution >= 4 is 29.3 Å². The Morgan fingerprint density at radius 3 is 2.68 bits per heavy atom. The van der Waals surface area contributed by atoms with Crippen LogP contribution in [0.1, 0.15) is 44.9 Å². The molecular weight excluding hydrogens is 480 g/mol. The first-order valence-electron chi connectivity index (χ1n) is 11.5. The molecule has 3 heterocycles. The van der Waals surface area contributed by atoms with Crippen molar-refractivity contribution in [1.82, 2.24) is 25.2 Å². The summed E-state index contributed by atoms with van der Waals surface area (Å²) in [5.41, 5.74) is 2.52. The van der Waals surface area contributed by atoms with Crippen LogP contribution in [0.4, 0.5) is 5.69 Å². The quantitative estimate of drug-likeness (QED) is 0.482. The number of aromatic nitrogens is 3. The Bertz CT molecular complexity index is 1450. The zero-order chi connectivity index (χ0) is 26.3. The molecule has 2 N–H and O–H groups in total. The number of ether oxygens (including phenoxy) is 2. The van der Waals surface area contributed by atoms with Crippen LogP contribution in [-0.4, -0.2) is 63.8 Å². The van der Waals surface area contributed by atoms with Gasteiger partial charge in [-0.2, -0.15) is 0 Å². The van der Waals surface area contributed by atoms with E-state index in [9.17, 15) is 19.2 Å². The molecule has 1 aromatic heterocycles. The van der Waals surface area contributed by atoms with E-state index in [0.717, 1.165) is 0 Å². The number of carbonyl (C=O) groups excluding carboxylic acids is 4. The fourth-order valence-electron chi connectivity index (χ4n) is 4.61. The van der Waals surface area contributed by atoms with Crippen molar-refractivity contribution in [3.63, 3.8) is 0 Å². The summed E-state index contributed by atoms with van der Waals surface area (Å²) in [7, 11) is 3.07. The number of nitrogens with zero attached hydrogens (tertiary/aromatic N) is 4. The number of fused-ring (bicyclic) bond motifs is 1. The average molecular weight is 505 g/mol. The van der Waals surface area contributed by atoms with Crippen molar-refractivity contribution in [3.8, 4) is 17.2 Å². The predicted octanol–water partition coefficient (Wildman–Crippen LogP) is 1.61. The van der Waals surface area contributed by atoms with E-state index in [1.54, 1.807) is 50.4 Å². The fourth-order valence-corrected chi connectivity index (χ4v) is 4.61. The van der Waals surface area contributed by atoms with Gasteiger partial charge in [-0.15, -0.1) is 5.10 Å². The van der Waals surface area contributed by atoms with Gasteiger partial charge in [-0.1, -0.05) is 11.3 Å². The smallest absolute Gasteiger partial charge is 0.278 e. The van der Waals surface area contributed by atoms with E-state index < -0.39 is 17.9 Å². The molecule has 5 rings (SSSR count). The molecule has 2 aromatic carbocycles. The van der Waals surface area contributed by atoms with Gasteiger partial charge in [0, 0.05) is 35.8 Å². The standard InChI is InChI=1S/C25H24N6O6/c1-13-22(28-29-31(13)19-11-14(36-2)7-9-20(19)37-3)24(34)26-17-6-4-5-15-16(17)12-30(25(15)35)18-8-10-21(32)27-23(18)33/h4-7,9,11,18H,8,10,12H2,1-3H3,(H,26,34)(H,27,32,33). The maximum atomic E-state index is 13.2. The number of benzene rings is 2. The van der Waals surface area contributed by atoms with Gasteiger partial charge in [-0.3, -0.25) is 24.5 Å². The van der Waals surface area contributed by atoms with E-state index in [1.165, 1.54) is 16.7 Å². The second-order valence-corrected chi connectivity index (χ2v) is 8.66. The van der Waals surface area contributed by atoms with Gasteiger partial charge in [0.2, 0.25) is 11.8 Å². The first-order chi connectivity index (χ1) is 17.8. The Balaban J connectivity index is 1.40. The summed E-state index contributed by atoms with van der Waals surface area (Å²) >= 11 is 0. The Hall–Kier alpha value is -4.74. The van der Waals surface area contributed by atoms with Gasteiger partial charge < -0.3 is 19.7 Å². The third-order valence-electron chi connectivity index (χ3n) is 6.55. The summed E-state index contributed by atoms with van der Waals surface area (Å²) in [6.45, 7) is 1.83. The topological polar surface area (TPSA) is 145 Å². The summed E-state index contributed by atoms with van der Waals surface area (Å²) in [5, 5.41) is 13.3. The van der Waals surface area contributed by atoms with Crippen molar-refractivity contribution in [1.29, 1.82) is 0 Å². The third kappa shape index (κ3) is 4.15. The highest BCUT2D eigenvalue weighted by atomic mass is 16.5. The van der Waals surface area contributed by atoms with Gasteiger partial charge in [-0.25, -0.2) is 4.68 Å². The predicted molar refractivity (Wildman–Crippen MR) is 130 cm³/mol. The zero-order valence-corrected chi connectivity index (χ0v) is 20.4. The van der Waals surface area contributed by atoms with Crippen molar-refractivity contribution < 1.29 is 28.7 Å². The molecule has 1 fully saturated rings. The van der Waals surface area contributed by atoms with E-state index in [-0.39, 0.29) is 36.9 Å². The van der Waals surface area contributed by atoms with E-state index in [1.807, 2.05) is 0 Å². The van der Waals surface area contributed by atoms with E-state index in [2.05, 4.69) is 20.9 Å². The van der Waals surface area contributed by atoms with Crippen LogP contribution in [0.3, 0.4) is 0 Å². The van der Waals surface area contributed by atoms with Gasteiger partial charge in [0.15, 0.2) is 5.69 Å². The summed E-state index contributed by atoms with van der Waals surface area (Å²) < 4.78 is 12.2. The molecule has 190 valence electrons. The highest BCUT2D eigenvalue weighted by Crippen LogP contribution is 2.33. The van der Waals surface area contributed by atoms with Gasteiger partial charge in [-0.05, 0) is 37.6 Å². The molecule has 0 bridgehead atoms. The zero-order valence-electron chi connectivity index (χ0n) is 20.4. The van der Waals surface area contributed by atoms with E-state index in [4.69, 9.17) is 9.47 Å². The summed E-state index contributed by atoms with van der Waals surface area (Å²) in [6, 6.07) is 9.44. The molecule has 2 aliphatic heterocycles. The van der Waals surface area contributed by atoms with Crippen LogP contribution in [0.25, 0.3) is 5.69 Å². The van der Waals surface area contributed by atoms with Crippen LogP contribution in [-0.2, 0) is 16.1 Å². The van der Waals surface area contributed by atoms with Crippen LogP contribution in [0.2, 0.25) is 0 Å². The molecule has 0 saturated carbocycles. The number of imide groups is 1. The second-order valence-electron chi connectivity index (χ2n) is 8.66. The molecule has 3 aromatic rings. The largest absolute Gasteiger partial charge is 0.497 e. The second kappa shape index (κ2) is 9.37. The minimum absolute atomic E-state index is 0.0915. The number of anilines is 1. The van der Waals surface area contributed by atoms with E-state index in [0.29, 0.717) is 39.7 Å². The average Bonchev–Trinajstić information content (AvgIpc) is 3.44. The van der Waals surface area contributed by atoms with Crippen molar-refractivity contribution in [2.24, 2.45) is 0 Å². The SMILES string of the molecule is COc1ccc(OC)c(-n2nnc(C(=O)Nc3cccc4c3CN(C3CCC(=O)NC3=O)C4=O)c2C)c1. The van der Waals surface area contributed by atoms with Gasteiger partial charge in [0.05, 0.1) is 19.9 Å². The normalized spacial score (nSPS) is 16.9. The number of amides is 4. The van der Waals surface area contributed by atoms with Crippen LogP contribution in [0, 0.1) is 6.92 Å². The lowest BCUT2D eigenvalue weighted by Crippen LogP contribution is -2.52. The fraction of sp³-hybridized carbons (Fsp3) is 0.280. The highest BCUT2D eigenvalue weighted by molar-refractivity contribution is 6.08. The maximum absolute atomic E-state index is 13.2. The van der Waals surface area contributed by atoms with Gasteiger partial charge in [0.25, 0.3) is 11.8 Å². The molecule has 2 aliphatic rings. The van der Waals surface area contributed by atoms with Crippen molar-refractivity contribution in [2.75, 3.05) is 19.5 Å². The molecule has 37 heavy (non-hydrogen) atoms. The monoisotopic (exact) mass is 504 g/mol. The van der Waals surface area contributed by atoms with Crippen LogP contribution in [0.15, 0.2) is 36.4 Å². The van der Waals surface area contributed by atoms with Crippen molar-refractivity contribution in [2.45, 2.75) is 32.4 Å². The number of methoxy groups -OCH3 is 2. The first-order valence-corrected chi connectivity index (χ1v) is 11.5. The summed E-state index contributed by atoms with van der Waals surface area (Å²) in [4.78, 5) is 51.6. The molecule has 12 nitrogen and oxygen atoms in total. The Labute approximate surface area is 211 Å². The minimum atomic E-state index is -0.749. The Morgan fingerprint density at radius 1 is 1.14 bits per heavy atom. The van der Waals surface area contributed by atoms with Crippen molar-refractivity contribution in [3.05, 3.63) is 58.9 Å². The molecule has 1 unspecified atom stereocenters. The summed E-state index contributed by atoms with van der Waals surface area (Å²) in [6.07, 6.45) is 0.412. The van der Waals surface area contributed by atoms with Crippen LogP contribution < -0.4 is 20.1 Å². The number of piperidine rings is 1. The molecule has 12 heteroatoms. The summed E-state index contributed by atoms with van der Waals surface area (Å²) in [5.74, 6) is -0.578. The lowest BCUT2D eigenvalue weighted by molar-refractivity contribution is -0.136. The molecule has 4 amide bonds. The lowest BCUT2D eigenvalue weighted by Gasteiger charge is -2.29. The maximum Gasteiger partial charge on any atom is 0.278 e. The third-order valence-corrected chi connectivity index (χ3v) is 6.55. The molecular formula is C25H24N6O6. The number of hydrogen-bond donors (Lipinski definition) is 2. The van der Waals surface area contributed by atoms with Gasteiger partial charge >= 0.3 is 0 Å². The minimum Gasteiger partial charge on any atom is -0.497 e. The molecule has 1 saturated heterocycles.